The van der Waals surface area contributed by atoms with Crippen LogP contribution >= 0.6 is 0 Å². The minimum Gasteiger partial charge on any atom is -0.356 e. The summed E-state index contributed by atoms with van der Waals surface area (Å²) in [7, 11) is 0.306. The fourth-order valence-corrected chi connectivity index (χ4v) is 4.08. The Kier molecular flexibility index (Phi) is 6.79. The third-order valence-electron chi connectivity index (χ3n) is 4.78. The van der Waals surface area contributed by atoms with E-state index in [1.54, 1.807) is 7.05 Å². The number of sulfonamides is 1. The summed E-state index contributed by atoms with van der Waals surface area (Å²) in [4.78, 5) is 6.19. The largest absolute Gasteiger partial charge is 0.511 e. The van der Waals surface area contributed by atoms with Crippen LogP contribution in [0.4, 0.5) is 13.2 Å². The maximum Gasteiger partial charge on any atom is 0.511 e. The summed E-state index contributed by atoms with van der Waals surface area (Å²) < 4.78 is 63.3. The van der Waals surface area contributed by atoms with Crippen LogP contribution in [-0.2, 0) is 23.6 Å². The Morgan fingerprint density at radius 1 is 1.37 bits per heavy atom. The first-order chi connectivity index (χ1) is 12.6. The number of guanidine groups is 1. The molecule has 0 spiro atoms. The minimum atomic E-state index is -5.24. The van der Waals surface area contributed by atoms with Crippen molar-refractivity contribution in [1.29, 1.82) is 0 Å². The molecule has 2 heterocycles. The number of hydrogen-bond acceptors (Lipinski definition) is 3. The predicted octanol–water partition coefficient (Wildman–Crippen LogP) is 1.59. The van der Waals surface area contributed by atoms with E-state index in [1.807, 2.05) is 41.9 Å². The SMILES string of the molecule is CN=C(NCC1CCN(S(=O)(=O)C(F)(F)F)CC1)N(C)Cc1cccn1C. The number of aryl methyl sites for hydroxylation is 1. The van der Waals surface area contributed by atoms with Gasteiger partial charge in [0.2, 0.25) is 0 Å². The molecule has 0 bridgehead atoms. The van der Waals surface area contributed by atoms with Crippen LogP contribution in [0.25, 0.3) is 0 Å². The Bertz CT molecular complexity index is 752. The number of hydrogen-bond donors (Lipinski definition) is 1. The molecule has 7 nitrogen and oxygen atoms in total. The van der Waals surface area contributed by atoms with E-state index >= 15 is 0 Å². The van der Waals surface area contributed by atoms with E-state index in [1.165, 1.54) is 0 Å². The van der Waals surface area contributed by atoms with Gasteiger partial charge in [-0.2, -0.15) is 17.5 Å². The van der Waals surface area contributed by atoms with Gasteiger partial charge in [-0.25, -0.2) is 8.42 Å². The van der Waals surface area contributed by atoms with Gasteiger partial charge in [-0.15, -0.1) is 0 Å². The van der Waals surface area contributed by atoms with Crippen molar-refractivity contribution in [2.24, 2.45) is 18.0 Å². The molecule has 1 fully saturated rings. The monoisotopic (exact) mass is 409 g/mol. The van der Waals surface area contributed by atoms with Crippen LogP contribution in [0.5, 0.6) is 0 Å². The highest BCUT2D eigenvalue weighted by molar-refractivity contribution is 7.90. The molecule has 27 heavy (non-hydrogen) atoms. The van der Waals surface area contributed by atoms with Crippen molar-refractivity contribution in [3.8, 4) is 0 Å². The van der Waals surface area contributed by atoms with E-state index < -0.39 is 15.5 Å². The van der Waals surface area contributed by atoms with E-state index in [2.05, 4.69) is 10.3 Å². The van der Waals surface area contributed by atoms with Gasteiger partial charge in [0.15, 0.2) is 5.96 Å². The van der Waals surface area contributed by atoms with Crippen molar-refractivity contribution in [3.05, 3.63) is 24.0 Å². The molecule has 1 aliphatic heterocycles. The molecule has 1 saturated heterocycles. The topological polar surface area (TPSA) is 69.9 Å². The van der Waals surface area contributed by atoms with E-state index in [0.717, 1.165) is 5.69 Å². The van der Waals surface area contributed by atoms with Gasteiger partial charge in [-0.3, -0.25) is 4.99 Å². The molecule has 1 aliphatic rings. The third-order valence-corrected chi connectivity index (χ3v) is 6.41. The van der Waals surface area contributed by atoms with Crippen molar-refractivity contribution in [2.75, 3.05) is 33.7 Å². The number of aromatic nitrogens is 1. The highest BCUT2D eigenvalue weighted by Crippen LogP contribution is 2.30. The normalized spacial score (nSPS) is 17.9. The second kappa shape index (κ2) is 8.51. The lowest BCUT2D eigenvalue weighted by Gasteiger charge is -2.32. The smallest absolute Gasteiger partial charge is 0.356 e. The molecule has 0 aliphatic carbocycles. The highest BCUT2D eigenvalue weighted by atomic mass is 32.2. The zero-order valence-corrected chi connectivity index (χ0v) is 16.5. The standard InChI is InChI=1S/C16H26F3N5O2S/c1-20-15(23(3)12-14-5-4-8-22(14)2)21-11-13-6-9-24(10-7-13)27(25,26)16(17,18)19/h4-5,8,13H,6-7,9-12H2,1-3H3,(H,20,21). The fourth-order valence-electron chi connectivity index (χ4n) is 3.10. The first-order valence-corrected chi connectivity index (χ1v) is 10.1. The van der Waals surface area contributed by atoms with E-state index in [9.17, 15) is 21.6 Å². The number of nitrogens with one attached hydrogen (secondary N) is 1. The molecule has 0 radical (unpaired) electrons. The lowest BCUT2D eigenvalue weighted by atomic mass is 9.98. The Labute approximate surface area is 157 Å². The Morgan fingerprint density at radius 3 is 2.48 bits per heavy atom. The van der Waals surface area contributed by atoms with Crippen LogP contribution in [0.2, 0.25) is 0 Å². The molecule has 0 saturated carbocycles. The van der Waals surface area contributed by atoms with Gasteiger partial charge in [0.05, 0.1) is 6.54 Å². The lowest BCUT2D eigenvalue weighted by Crippen LogP contribution is -2.47. The van der Waals surface area contributed by atoms with Crippen LogP contribution in [0.15, 0.2) is 23.3 Å². The zero-order chi connectivity index (χ0) is 20.2. The summed E-state index contributed by atoms with van der Waals surface area (Å²) >= 11 is 0. The molecule has 0 amide bonds. The lowest BCUT2D eigenvalue weighted by molar-refractivity contribution is -0.0496. The van der Waals surface area contributed by atoms with Crippen molar-refractivity contribution < 1.29 is 21.6 Å². The van der Waals surface area contributed by atoms with Crippen LogP contribution in [0.3, 0.4) is 0 Å². The number of alkyl halides is 3. The molecule has 154 valence electrons. The number of halogens is 3. The Morgan fingerprint density at radius 2 is 2.00 bits per heavy atom. The number of piperidine rings is 1. The summed E-state index contributed by atoms with van der Waals surface area (Å²) in [6.45, 7) is 0.952. The molecule has 1 aromatic rings. The van der Waals surface area contributed by atoms with E-state index in [4.69, 9.17) is 0 Å². The second-order valence-corrected chi connectivity index (χ2v) is 8.62. The molecule has 1 aromatic heterocycles. The fraction of sp³-hybridized carbons (Fsp3) is 0.688. The summed E-state index contributed by atoms with van der Waals surface area (Å²) in [5.74, 6) is 0.770. The molecule has 1 N–H and O–H groups in total. The summed E-state index contributed by atoms with van der Waals surface area (Å²) in [5, 5.41) is 3.23. The van der Waals surface area contributed by atoms with Gasteiger partial charge in [0.25, 0.3) is 0 Å². The Balaban J connectivity index is 1.84. The molecule has 0 aromatic carbocycles. The van der Waals surface area contributed by atoms with Crippen LogP contribution in [0.1, 0.15) is 18.5 Å². The van der Waals surface area contributed by atoms with Gasteiger partial charge in [0.1, 0.15) is 0 Å². The minimum absolute atomic E-state index is 0.0878. The molecular formula is C16H26F3N5O2S. The van der Waals surface area contributed by atoms with E-state index in [0.29, 0.717) is 36.2 Å². The molecule has 11 heteroatoms. The molecular weight excluding hydrogens is 383 g/mol. The van der Waals surface area contributed by atoms with Gasteiger partial charge in [0, 0.05) is 52.7 Å². The second-order valence-electron chi connectivity index (χ2n) is 6.69. The summed E-state index contributed by atoms with van der Waals surface area (Å²) in [5.41, 5.74) is -4.12. The van der Waals surface area contributed by atoms with Gasteiger partial charge in [-0.1, -0.05) is 0 Å². The third kappa shape index (κ3) is 5.16. The van der Waals surface area contributed by atoms with E-state index in [-0.39, 0.29) is 19.0 Å². The van der Waals surface area contributed by atoms with Crippen molar-refractivity contribution in [3.63, 3.8) is 0 Å². The summed E-state index contributed by atoms with van der Waals surface area (Å²) in [6, 6.07) is 3.97. The maximum absolute atomic E-state index is 12.6. The van der Waals surface area contributed by atoms with Gasteiger partial charge >= 0.3 is 15.5 Å². The van der Waals surface area contributed by atoms with Gasteiger partial charge in [-0.05, 0) is 30.9 Å². The average Bonchev–Trinajstić information content (AvgIpc) is 2.99. The first kappa shape index (κ1) is 21.5. The van der Waals surface area contributed by atoms with Crippen molar-refractivity contribution in [2.45, 2.75) is 24.9 Å². The van der Waals surface area contributed by atoms with Gasteiger partial charge < -0.3 is 14.8 Å². The Hall–Kier alpha value is -1.75. The molecule has 0 unspecified atom stereocenters. The average molecular weight is 409 g/mol. The van der Waals surface area contributed by atoms with Crippen molar-refractivity contribution >= 4 is 16.0 Å². The number of nitrogens with zero attached hydrogens (tertiary/aromatic N) is 4. The number of aliphatic imine (C=N–C) groups is 1. The number of rotatable bonds is 5. The van der Waals surface area contributed by atoms with Crippen LogP contribution in [-0.4, -0.2) is 67.4 Å². The van der Waals surface area contributed by atoms with Crippen molar-refractivity contribution in [1.82, 2.24) is 19.1 Å². The first-order valence-electron chi connectivity index (χ1n) is 8.64. The maximum atomic E-state index is 12.6. The van der Waals surface area contributed by atoms with Crippen LogP contribution < -0.4 is 5.32 Å². The summed E-state index contributed by atoms with van der Waals surface area (Å²) in [6.07, 6.45) is 2.71. The highest BCUT2D eigenvalue weighted by Gasteiger charge is 2.50. The molecule has 0 atom stereocenters. The quantitative estimate of drug-likeness (QED) is 0.592. The molecule has 2 rings (SSSR count). The zero-order valence-electron chi connectivity index (χ0n) is 15.7. The van der Waals surface area contributed by atoms with Crippen LogP contribution in [0, 0.1) is 5.92 Å². The predicted molar refractivity (Wildman–Crippen MR) is 97.5 cm³/mol.